The van der Waals surface area contributed by atoms with E-state index in [0.29, 0.717) is 5.69 Å². The molecule has 6 N–H and O–H groups in total. The number of anilines is 3. The number of aromatic nitrogens is 2. The molecule has 1 aromatic rings. The van der Waals surface area contributed by atoms with E-state index in [2.05, 4.69) is 9.97 Å². The summed E-state index contributed by atoms with van der Waals surface area (Å²) in [6.45, 7) is -0.183. The molecular weight excluding hydrogens is 281 g/mol. The Morgan fingerprint density at radius 3 is 2.81 bits per heavy atom. The van der Waals surface area contributed by atoms with E-state index < -0.39 is 36.7 Å². The van der Waals surface area contributed by atoms with Crippen molar-refractivity contribution in [1.82, 2.24) is 9.97 Å². The van der Waals surface area contributed by atoms with E-state index in [9.17, 15) is 15.0 Å². The number of H-pyrrole nitrogens is 1. The molecule has 1 saturated heterocycles. The van der Waals surface area contributed by atoms with Crippen LogP contribution in [0.1, 0.15) is 0 Å². The number of hydrogen-bond acceptors (Lipinski definition) is 9. The molecule has 10 nitrogen and oxygen atoms in total. The third-order valence-electron chi connectivity index (χ3n) is 3.74. The number of nitrogens with two attached hydrogens (primary N) is 1. The van der Waals surface area contributed by atoms with Crippen molar-refractivity contribution < 1.29 is 20.1 Å². The lowest BCUT2D eigenvalue weighted by Gasteiger charge is -2.27. The van der Waals surface area contributed by atoms with Gasteiger partial charge in [-0.25, -0.2) is 0 Å². The highest BCUT2D eigenvalue weighted by Gasteiger charge is 2.48. The highest BCUT2D eigenvalue weighted by molar-refractivity contribution is 6.20. The fourth-order valence-electron chi connectivity index (χ4n) is 2.72. The minimum absolute atomic E-state index is 0.0502. The van der Waals surface area contributed by atoms with Crippen LogP contribution < -0.4 is 21.0 Å². The van der Waals surface area contributed by atoms with Crippen molar-refractivity contribution in [3.05, 3.63) is 10.4 Å². The van der Waals surface area contributed by atoms with Crippen LogP contribution >= 0.6 is 0 Å². The third-order valence-corrected chi connectivity index (χ3v) is 3.74. The van der Waals surface area contributed by atoms with Crippen LogP contribution in [-0.2, 0) is 4.74 Å². The van der Waals surface area contributed by atoms with Crippen molar-refractivity contribution in [2.24, 2.45) is 0 Å². The van der Waals surface area contributed by atoms with Gasteiger partial charge in [-0.3, -0.25) is 9.78 Å². The van der Waals surface area contributed by atoms with Gasteiger partial charge in [-0.1, -0.05) is 0 Å². The highest BCUT2D eigenvalue weighted by Crippen LogP contribution is 2.35. The maximum absolute atomic E-state index is 11.9. The average Bonchev–Trinajstić information content (AvgIpc) is 2.89. The number of nitrogens with zero attached hydrogens (tertiary/aromatic N) is 3. The van der Waals surface area contributed by atoms with Crippen molar-refractivity contribution in [3.63, 3.8) is 0 Å². The molecule has 4 atom stereocenters. The smallest absolute Gasteiger partial charge is 0.276 e. The first-order valence-electron chi connectivity index (χ1n) is 6.44. The molecule has 21 heavy (non-hydrogen) atoms. The van der Waals surface area contributed by atoms with Gasteiger partial charge in [0.25, 0.3) is 5.56 Å². The van der Waals surface area contributed by atoms with Gasteiger partial charge in [0.15, 0.2) is 12.0 Å². The van der Waals surface area contributed by atoms with E-state index in [-0.39, 0.29) is 18.4 Å². The first kappa shape index (κ1) is 14.1. The van der Waals surface area contributed by atoms with Crippen LogP contribution in [-0.4, -0.2) is 71.1 Å². The largest absolute Gasteiger partial charge is 0.398 e. The first-order chi connectivity index (χ1) is 9.93. The molecule has 0 amide bonds. The number of aromatic amines is 1. The van der Waals surface area contributed by atoms with Gasteiger partial charge in [0, 0.05) is 0 Å². The summed E-state index contributed by atoms with van der Waals surface area (Å²) in [5, 5.41) is 29.0. The van der Waals surface area contributed by atoms with Crippen molar-refractivity contribution in [2.45, 2.75) is 24.5 Å². The van der Waals surface area contributed by atoms with E-state index in [1.807, 2.05) is 0 Å². The molecule has 3 rings (SSSR count). The molecule has 2 aliphatic rings. The minimum Gasteiger partial charge on any atom is -0.398 e. The zero-order valence-electron chi connectivity index (χ0n) is 11.3. The highest BCUT2D eigenvalue weighted by atomic mass is 16.6. The maximum Gasteiger partial charge on any atom is 0.276 e. The van der Waals surface area contributed by atoms with E-state index in [1.165, 1.54) is 4.90 Å². The molecular formula is C10H16BN5O5. The minimum atomic E-state index is -1.23. The Labute approximate surface area is 120 Å². The summed E-state index contributed by atoms with van der Waals surface area (Å²) in [6.07, 6.45) is -4.26. The molecule has 0 aliphatic carbocycles. The quantitative estimate of drug-likeness (QED) is 0.344. The van der Waals surface area contributed by atoms with Gasteiger partial charge in [-0.05, 0) is 0 Å². The Balaban J connectivity index is 1.99. The SMILES string of the molecule is BN1CN([C@@H]2O[C@H](CO)[C@@H](O)[C@H]2O)c2nc(N)[nH]c(=O)c21. The zero-order valence-corrected chi connectivity index (χ0v) is 11.3. The van der Waals surface area contributed by atoms with Crippen LogP contribution in [0.15, 0.2) is 4.79 Å². The molecule has 1 aromatic heterocycles. The lowest BCUT2D eigenvalue weighted by molar-refractivity contribution is -0.0221. The normalized spacial score (nSPS) is 31.8. The van der Waals surface area contributed by atoms with Crippen LogP contribution in [0.25, 0.3) is 0 Å². The molecule has 0 bridgehead atoms. The number of hydrogen-bond donors (Lipinski definition) is 5. The fourth-order valence-corrected chi connectivity index (χ4v) is 2.72. The molecule has 11 heteroatoms. The van der Waals surface area contributed by atoms with Gasteiger partial charge in [0.05, 0.1) is 13.3 Å². The number of nitrogen functional groups attached to an aromatic ring is 1. The maximum atomic E-state index is 11.9. The van der Waals surface area contributed by atoms with Crippen LogP contribution in [0.5, 0.6) is 0 Å². The number of aliphatic hydroxyl groups excluding tert-OH is 3. The van der Waals surface area contributed by atoms with E-state index in [0.717, 1.165) is 0 Å². The van der Waals surface area contributed by atoms with Crippen molar-refractivity contribution in [1.29, 1.82) is 0 Å². The summed E-state index contributed by atoms with van der Waals surface area (Å²) >= 11 is 0. The van der Waals surface area contributed by atoms with Crippen LogP contribution in [0.4, 0.5) is 17.5 Å². The lowest BCUT2D eigenvalue weighted by Crippen LogP contribution is -2.45. The monoisotopic (exact) mass is 297 g/mol. The second kappa shape index (κ2) is 4.88. The number of nitrogens with one attached hydrogen (secondary N) is 1. The zero-order chi connectivity index (χ0) is 15.3. The Hall–Kier alpha value is -1.82. The second-order valence-corrected chi connectivity index (χ2v) is 5.16. The number of aliphatic hydroxyl groups is 3. The van der Waals surface area contributed by atoms with E-state index in [4.69, 9.17) is 15.6 Å². The number of rotatable bonds is 2. The molecule has 0 aromatic carbocycles. The molecule has 0 saturated carbocycles. The Bertz CT molecular complexity index is 612. The van der Waals surface area contributed by atoms with Gasteiger partial charge >= 0.3 is 0 Å². The number of ether oxygens (including phenoxy) is 1. The summed E-state index contributed by atoms with van der Waals surface area (Å²) in [7, 11) is 1.69. The van der Waals surface area contributed by atoms with E-state index in [1.54, 1.807) is 12.8 Å². The summed E-state index contributed by atoms with van der Waals surface area (Å²) in [5.41, 5.74) is 5.46. The number of fused-ring (bicyclic) bond motifs is 1. The fraction of sp³-hybridized carbons (Fsp3) is 0.600. The topological polar surface area (TPSA) is 148 Å². The van der Waals surface area contributed by atoms with Crippen LogP contribution in [0.3, 0.4) is 0 Å². The predicted octanol–water partition coefficient (Wildman–Crippen LogP) is -4.08. The molecule has 1 fully saturated rings. The van der Waals surface area contributed by atoms with E-state index >= 15 is 0 Å². The summed E-state index contributed by atoms with van der Waals surface area (Å²) in [6, 6.07) is 0. The van der Waals surface area contributed by atoms with Crippen molar-refractivity contribution in [2.75, 3.05) is 28.7 Å². The molecule has 0 unspecified atom stereocenters. The second-order valence-electron chi connectivity index (χ2n) is 5.16. The van der Waals surface area contributed by atoms with Gasteiger partial charge < -0.3 is 35.5 Å². The molecule has 2 aliphatic heterocycles. The van der Waals surface area contributed by atoms with Crippen molar-refractivity contribution >= 4 is 25.4 Å². The van der Waals surface area contributed by atoms with Gasteiger partial charge in [0.1, 0.15) is 24.0 Å². The van der Waals surface area contributed by atoms with Crippen LogP contribution in [0, 0.1) is 0 Å². The van der Waals surface area contributed by atoms with Crippen LogP contribution in [0.2, 0.25) is 0 Å². The van der Waals surface area contributed by atoms with Gasteiger partial charge in [-0.15, -0.1) is 0 Å². The Morgan fingerprint density at radius 2 is 2.19 bits per heavy atom. The van der Waals surface area contributed by atoms with Crippen molar-refractivity contribution in [3.8, 4) is 0 Å². The Morgan fingerprint density at radius 1 is 1.48 bits per heavy atom. The summed E-state index contributed by atoms with van der Waals surface area (Å²) < 4.78 is 5.46. The third kappa shape index (κ3) is 2.05. The predicted molar refractivity (Wildman–Crippen MR) is 75.4 cm³/mol. The molecule has 0 spiro atoms. The summed E-state index contributed by atoms with van der Waals surface area (Å²) in [4.78, 5) is 21.6. The lowest BCUT2D eigenvalue weighted by atomic mass is 10.1. The van der Waals surface area contributed by atoms with Gasteiger partial charge in [-0.2, -0.15) is 4.98 Å². The molecule has 114 valence electrons. The first-order valence-corrected chi connectivity index (χ1v) is 6.44. The Kier molecular flexibility index (Phi) is 3.28. The summed E-state index contributed by atoms with van der Waals surface area (Å²) in [5.74, 6) is 0.222. The standard InChI is InChI=1S/C10H16BN5O5/c11-16-2-15(7-4(16)8(20)14-10(12)13-7)9-6(19)5(18)3(1-17)21-9/h3,5-6,9,17-19H,1-2,11H2,(H3,12,13,14,20)/t3-,5-,6-,9-/m1/s1. The van der Waals surface area contributed by atoms with Gasteiger partial charge in [0.2, 0.25) is 13.9 Å². The average molecular weight is 297 g/mol. The molecule has 0 radical (unpaired) electrons. The molecule has 3 heterocycles.